The number of hydrogen-bond acceptors (Lipinski definition) is 6. The number of alkyl halides is 3. The third-order valence-corrected chi connectivity index (χ3v) is 7.25. The van der Waals surface area contributed by atoms with Crippen LogP contribution in [0.1, 0.15) is 16.7 Å². The standard InChI is InChI=1S/C20H14F3N3O3S3/c1-32(28,29)13-4-2-11(15(8-13)20(21,22)23)7-14(17-18(27)25-19(30)31-17)10-3-5-16-12(6-10)9-24-26-16/h2-6,8-9H,7H2,1H3,(H,24,26)(H,25,27,30). The van der Waals surface area contributed by atoms with Gasteiger partial charge in [0.1, 0.15) is 4.32 Å². The van der Waals surface area contributed by atoms with Gasteiger partial charge in [0.2, 0.25) is 0 Å². The third-order valence-electron chi connectivity index (χ3n) is 4.86. The van der Waals surface area contributed by atoms with Gasteiger partial charge in [-0.2, -0.15) is 18.3 Å². The molecule has 2 aromatic carbocycles. The first-order valence-corrected chi connectivity index (χ1v) is 12.1. The van der Waals surface area contributed by atoms with Crippen molar-refractivity contribution in [3.05, 3.63) is 64.2 Å². The summed E-state index contributed by atoms with van der Waals surface area (Å²) in [6, 6.07) is 7.99. The number of aromatic amines is 1. The second-order valence-electron chi connectivity index (χ2n) is 7.09. The summed E-state index contributed by atoms with van der Waals surface area (Å²) in [6.07, 6.45) is -2.65. The monoisotopic (exact) mass is 497 g/mol. The molecule has 6 nitrogen and oxygen atoms in total. The number of H-pyrrole nitrogens is 1. The van der Waals surface area contributed by atoms with E-state index in [9.17, 15) is 26.4 Å². The summed E-state index contributed by atoms with van der Waals surface area (Å²) < 4.78 is 65.3. The van der Waals surface area contributed by atoms with Crippen molar-refractivity contribution < 1.29 is 26.4 Å². The minimum atomic E-state index is -4.79. The highest BCUT2D eigenvalue weighted by atomic mass is 32.2. The Balaban J connectivity index is 1.90. The number of thioether (sulfide) groups is 1. The molecule has 1 aliphatic heterocycles. The first-order valence-electron chi connectivity index (χ1n) is 9.03. The van der Waals surface area contributed by atoms with E-state index in [0.717, 1.165) is 41.1 Å². The lowest BCUT2D eigenvalue weighted by molar-refractivity contribution is -0.138. The largest absolute Gasteiger partial charge is 0.416 e. The van der Waals surface area contributed by atoms with Crippen molar-refractivity contribution in [1.82, 2.24) is 15.5 Å². The lowest BCUT2D eigenvalue weighted by atomic mass is 9.93. The molecule has 0 bridgehead atoms. The van der Waals surface area contributed by atoms with Crippen LogP contribution < -0.4 is 5.32 Å². The van der Waals surface area contributed by atoms with E-state index in [1.165, 1.54) is 0 Å². The SMILES string of the molecule is CS(=O)(=O)c1ccc(CC(=C2SC(=S)NC2=O)c2ccc3[nH]ncc3c2)c(C(F)(F)F)c1. The van der Waals surface area contributed by atoms with Crippen LogP contribution in [0.4, 0.5) is 13.2 Å². The zero-order valence-corrected chi connectivity index (χ0v) is 18.7. The molecular weight excluding hydrogens is 483 g/mol. The van der Waals surface area contributed by atoms with Gasteiger partial charge in [0.05, 0.1) is 27.1 Å². The van der Waals surface area contributed by atoms with Gasteiger partial charge in [-0.05, 0) is 47.4 Å². The number of hydrogen-bond donors (Lipinski definition) is 2. The van der Waals surface area contributed by atoms with E-state index in [4.69, 9.17) is 12.2 Å². The van der Waals surface area contributed by atoms with Gasteiger partial charge in [-0.1, -0.05) is 36.1 Å². The molecule has 12 heteroatoms. The quantitative estimate of drug-likeness (QED) is 0.417. The molecule has 166 valence electrons. The number of thiocarbonyl (C=S) groups is 1. The molecule has 0 atom stereocenters. The molecule has 2 heterocycles. The van der Waals surface area contributed by atoms with Gasteiger partial charge in [-0.15, -0.1) is 0 Å². The molecule has 1 aliphatic rings. The van der Waals surface area contributed by atoms with Crippen molar-refractivity contribution in [3.8, 4) is 0 Å². The van der Waals surface area contributed by atoms with Crippen LogP contribution in [0.5, 0.6) is 0 Å². The predicted octanol–water partition coefficient (Wildman–Crippen LogP) is 4.09. The fraction of sp³-hybridized carbons (Fsp3) is 0.150. The van der Waals surface area contributed by atoms with Crippen LogP contribution in [0, 0.1) is 0 Å². The third kappa shape index (κ3) is 4.43. The lowest BCUT2D eigenvalue weighted by Crippen LogP contribution is -2.18. The first-order chi connectivity index (χ1) is 14.9. The van der Waals surface area contributed by atoms with Gasteiger partial charge in [0.15, 0.2) is 9.84 Å². The van der Waals surface area contributed by atoms with E-state index in [-0.39, 0.29) is 21.2 Å². The first kappa shape index (κ1) is 22.5. The molecule has 0 saturated carbocycles. The van der Waals surface area contributed by atoms with Crippen molar-refractivity contribution in [1.29, 1.82) is 0 Å². The van der Waals surface area contributed by atoms with Crippen molar-refractivity contribution in [2.75, 3.05) is 6.26 Å². The number of nitrogens with one attached hydrogen (secondary N) is 2. The van der Waals surface area contributed by atoms with E-state index in [1.807, 2.05) is 0 Å². The zero-order chi connectivity index (χ0) is 23.3. The number of carbonyl (C=O) groups is 1. The summed E-state index contributed by atoms with van der Waals surface area (Å²) in [7, 11) is -3.84. The Bertz CT molecular complexity index is 1410. The molecule has 32 heavy (non-hydrogen) atoms. The van der Waals surface area contributed by atoms with Crippen LogP contribution in [-0.2, 0) is 27.2 Å². The minimum Gasteiger partial charge on any atom is -0.307 e. The van der Waals surface area contributed by atoms with Gasteiger partial charge in [0.25, 0.3) is 5.91 Å². The highest BCUT2D eigenvalue weighted by molar-refractivity contribution is 8.26. The maximum atomic E-state index is 13.8. The van der Waals surface area contributed by atoms with Crippen LogP contribution in [0.15, 0.2) is 52.4 Å². The molecule has 1 aromatic heterocycles. The highest BCUT2D eigenvalue weighted by Crippen LogP contribution is 2.39. The number of halogens is 3. The van der Waals surface area contributed by atoms with Crippen molar-refractivity contribution in [2.45, 2.75) is 17.5 Å². The number of aromatic nitrogens is 2. The maximum Gasteiger partial charge on any atom is 0.416 e. The summed E-state index contributed by atoms with van der Waals surface area (Å²) >= 11 is 6.02. The average molecular weight is 498 g/mol. The maximum absolute atomic E-state index is 13.8. The number of fused-ring (bicyclic) bond motifs is 1. The normalized spacial score (nSPS) is 16.5. The summed E-state index contributed by atoms with van der Waals surface area (Å²) in [5, 5.41) is 9.93. The molecule has 0 spiro atoms. The Hall–Kier alpha value is -2.70. The van der Waals surface area contributed by atoms with E-state index >= 15 is 0 Å². The van der Waals surface area contributed by atoms with Crippen LogP contribution in [-0.4, -0.2) is 35.1 Å². The number of sulfone groups is 1. The minimum absolute atomic E-state index is 0.161. The van der Waals surface area contributed by atoms with E-state index < -0.39 is 32.4 Å². The lowest BCUT2D eigenvalue weighted by Gasteiger charge is -2.17. The van der Waals surface area contributed by atoms with Crippen LogP contribution in [0.2, 0.25) is 0 Å². The van der Waals surface area contributed by atoms with Gasteiger partial charge >= 0.3 is 6.18 Å². The molecule has 0 radical (unpaired) electrons. The molecule has 2 N–H and O–H groups in total. The molecule has 0 aliphatic carbocycles. The Morgan fingerprint density at radius 1 is 1.19 bits per heavy atom. The Morgan fingerprint density at radius 3 is 2.56 bits per heavy atom. The number of amides is 1. The van der Waals surface area contributed by atoms with Crippen LogP contribution in [0.25, 0.3) is 16.5 Å². The van der Waals surface area contributed by atoms with E-state index in [2.05, 4.69) is 15.5 Å². The van der Waals surface area contributed by atoms with Crippen molar-refractivity contribution >= 4 is 60.5 Å². The van der Waals surface area contributed by atoms with Gasteiger partial charge in [-0.25, -0.2) is 8.42 Å². The van der Waals surface area contributed by atoms with Crippen molar-refractivity contribution in [2.24, 2.45) is 0 Å². The van der Waals surface area contributed by atoms with Gasteiger partial charge < -0.3 is 5.32 Å². The molecule has 1 amide bonds. The van der Waals surface area contributed by atoms with Crippen molar-refractivity contribution in [3.63, 3.8) is 0 Å². The van der Waals surface area contributed by atoms with Crippen LogP contribution in [0.3, 0.4) is 0 Å². The average Bonchev–Trinajstić information content (AvgIpc) is 3.29. The number of rotatable bonds is 4. The molecule has 3 aromatic rings. The summed E-state index contributed by atoms with van der Waals surface area (Å²) in [5.41, 5.74) is 0.361. The number of carbonyl (C=O) groups excluding carboxylic acids is 1. The van der Waals surface area contributed by atoms with E-state index in [0.29, 0.717) is 17.2 Å². The zero-order valence-electron chi connectivity index (χ0n) is 16.3. The Morgan fingerprint density at radius 2 is 1.94 bits per heavy atom. The van der Waals surface area contributed by atoms with E-state index in [1.54, 1.807) is 24.4 Å². The number of nitrogens with zero attached hydrogens (tertiary/aromatic N) is 1. The van der Waals surface area contributed by atoms with Gasteiger partial charge in [-0.3, -0.25) is 9.89 Å². The predicted molar refractivity (Wildman–Crippen MR) is 120 cm³/mol. The number of benzene rings is 2. The number of allylic oxidation sites excluding steroid dienone is 1. The molecule has 1 saturated heterocycles. The second-order valence-corrected chi connectivity index (χ2v) is 10.8. The summed E-state index contributed by atoms with van der Waals surface area (Å²) in [5.74, 6) is -0.497. The van der Waals surface area contributed by atoms with Gasteiger partial charge in [0, 0.05) is 11.6 Å². The van der Waals surface area contributed by atoms with Crippen LogP contribution >= 0.6 is 24.0 Å². The fourth-order valence-corrected chi connectivity index (χ4v) is 5.13. The smallest absolute Gasteiger partial charge is 0.307 e. The topological polar surface area (TPSA) is 91.9 Å². The summed E-state index contributed by atoms with van der Waals surface area (Å²) in [6.45, 7) is 0. The molecule has 0 unspecified atom stereocenters. The Kier molecular flexibility index (Phi) is 5.63. The molecule has 4 rings (SSSR count). The molecular formula is C20H14F3N3O3S3. The summed E-state index contributed by atoms with van der Waals surface area (Å²) in [4.78, 5) is 12.2. The fourth-order valence-electron chi connectivity index (χ4n) is 3.35. The Labute approximate surface area is 190 Å². The second kappa shape index (κ2) is 8.01. The highest BCUT2D eigenvalue weighted by Gasteiger charge is 2.35. The molecule has 1 fully saturated rings.